The average Bonchev–Trinajstić information content (AvgIpc) is 3.08. The first-order chi connectivity index (χ1) is 12.1. The lowest BCUT2D eigenvalue weighted by molar-refractivity contribution is 0.0526. The van der Waals surface area contributed by atoms with Crippen molar-refractivity contribution in [1.29, 1.82) is 0 Å². The quantitative estimate of drug-likeness (QED) is 0.600. The Bertz CT molecular complexity index is 648. The van der Waals surface area contributed by atoms with Gasteiger partial charge in [-0.3, -0.25) is 0 Å². The summed E-state index contributed by atoms with van der Waals surface area (Å²) in [4.78, 5) is 0.320. The Balaban J connectivity index is 0.00000243. The van der Waals surface area contributed by atoms with Gasteiger partial charge in [-0.2, -0.15) is 0 Å². The fourth-order valence-corrected chi connectivity index (χ4v) is 4.86. The van der Waals surface area contributed by atoms with E-state index in [-0.39, 0.29) is 12.4 Å². The molecule has 1 aliphatic carbocycles. The summed E-state index contributed by atoms with van der Waals surface area (Å²) in [6, 6.07) is 7.77. The van der Waals surface area contributed by atoms with Gasteiger partial charge in [-0.05, 0) is 37.8 Å². The van der Waals surface area contributed by atoms with Crippen LogP contribution in [0.5, 0.6) is 0 Å². The maximum atomic E-state index is 12.3. The van der Waals surface area contributed by atoms with E-state index >= 15 is 0 Å². The number of hydrogen-bond donors (Lipinski definition) is 3. The molecular formula is C18H30ClN3O3S. The third kappa shape index (κ3) is 5.65. The van der Waals surface area contributed by atoms with Gasteiger partial charge in [0.1, 0.15) is 0 Å². The Hall–Kier alpha value is -0.700. The van der Waals surface area contributed by atoms with E-state index in [1.54, 1.807) is 12.1 Å². The van der Waals surface area contributed by atoms with Crippen LogP contribution in [0.2, 0.25) is 0 Å². The molecule has 0 amide bonds. The van der Waals surface area contributed by atoms with Gasteiger partial charge in [-0.25, -0.2) is 13.1 Å². The van der Waals surface area contributed by atoms with Crippen molar-refractivity contribution in [2.75, 3.05) is 32.8 Å². The van der Waals surface area contributed by atoms with Gasteiger partial charge in [0.25, 0.3) is 0 Å². The van der Waals surface area contributed by atoms with E-state index in [9.17, 15) is 8.42 Å². The molecule has 148 valence electrons. The topological polar surface area (TPSA) is 79.5 Å². The lowest BCUT2D eigenvalue weighted by atomic mass is 9.94. The van der Waals surface area contributed by atoms with E-state index in [0.29, 0.717) is 36.0 Å². The van der Waals surface area contributed by atoms with Crippen molar-refractivity contribution in [3.63, 3.8) is 0 Å². The molecule has 2 fully saturated rings. The molecule has 0 radical (unpaired) electrons. The molecule has 3 unspecified atom stereocenters. The highest BCUT2D eigenvalue weighted by molar-refractivity contribution is 7.89. The van der Waals surface area contributed by atoms with Gasteiger partial charge in [-0.1, -0.05) is 24.1 Å². The van der Waals surface area contributed by atoms with Crippen LogP contribution in [0, 0.1) is 12.8 Å². The molecular weight excluding hydrogens is 374 g/mol. The van der Waals surface area contributed by atoms with E-state index in [4.69, 9.17) is 4.74 Å². The molecule has 1 aromatic rings. The minimum Gasteiger partial charge on any atom is -0.379 e. The highest BCUT2D eigenvalue weighted by atomic mass is 35.5. The van der Waals surface area contributed by atoms with Crippen LogP contribution in [0.15, 0.2) is 29.2 Å². The largest absolute Gasteiger partial charge is 0.379 e. The SMILES string of the molecule is Cc1ccc(S(=O)(=O)NCCNC2CCCC2C2COCCN2)cc1.Cl. The number of nitrogens with one attached hydrogen (secondary N) is 3. The second kappa shape index (κ2) is 10.0. The first kappa shape index (κ1) is 21.6. The van der Waals surface area contributed by atoms with Crippen LogP contribution < -0.4 is 15.4 Å². The Morgan fingerprint density at radius 2 is 1.96 bits per heavy atom. The molecule has 1 aliphatic heterocycles. The second-order valence-electron chi connectivity index (χ2n) is 7.00. The van der Waals surface area contributed by atoms with Gasteiger partial charge >= 0.3 is 0 Å². The zero-order valence-electron chi connectivity index (χ0n) is 15.2. The summed E-state index contributed by atoms with van der Waals surface area (Å²) < 4.78 is 32.8. The zero-order chi connectivity index (χ0) is 17.7. The number of rotatable bonds is 7. The number of ether oxygens (including phenoxy) is 1. The van der Waals surface area contributed by atoms with Gasteiger partial charge < -0.3 is 15.4 Å². The van der Waals surface area contributed by atoms with Crippen molar-refractivity contribution in [3.8, 4) is 0 Å². The smallest absolute Gasteiger partial charge is 0.240 e. The molecule has 8 heteroatoms. The predicted octanol–water partition coefficient (Wildman–Crippen LogP) is 1.44. The van der Waals surface area contributed by atoms with E-state index in [0.717, 1.165) is 31.7 Å². The first-order valence-corrected chi connectivity index (χ1v) is 10.7. The van der Waals surface area contributed by atoms with Crippen LogP contribution in [0.1, 0.15) is 24.8 Å². The maximum Gasteiger partial charge on any atom is 0.240 e. The van der Waals surface area contributed by atoms with Crippen molar-refractivity contribution in [2.45, 2.75) is 43.2 Å². The summed E-state index contributed by atoms with van der Waals surface area (Å²) in [5, 5.41) is 7.09. The summed E-state index contributed by atoms with van der Waals surface area (Å²) in [5.41, 5.74) is 1.05. The number of sulfonamides is 1. The van der Waals surface area contributed by atoms with E-state index in [2.05, 4.69) is 15.4 Å². The van der Waals surface area contributed by atoms with Crippen LogP contribution in [-0.4, -0.2) is 53.3 Å². The third-order valence-corrected chi connectivity index (χ3v) is 6.67. The molecule has 0 bridgehead atoms. The Morgan fingerprint density at radius 3 is 2.65 bits per heavy atom. The number of morpholine rings is 1. The number of halogens is 1. The molecule has 3 atom stereocenters. The van der Waals surface area contributed by atoms with Gasteiger partial charge in [0.2, 0.25) is 10.0 Å². The summed E-state index contributed by atoms with van der Waals surface area (Å²) in [5.74, 6) is 0.564. The average molecular weight is 404 g/mol. The Labute approximate surface area is 162 Å². The normalized spacial score (nSPS) is 26.4. The summed E-state index contributed by atoms with van der Waals surface area (Å²) in [6.45, 7) is 5.47. The lowest BCUT2D eigenvalue weighted by Crippen LogP contribution is -2.51. The second-order valence-corrected chi connectivity index (χ2v) is 8.77. The van der Waals surface area contributed by atoms with Crippen LogP contribution >= 0.6 is 12.4 Å². The molecule has 0 aromatic heterocycles. The van der Waals surface area contributed by atoms with Crippen molar-refractivity contribution < 1.29 is 13.2 Å². The molecule has 3 N–H and O–H groups in total. The van der Waals surface area contributed by atoms with E-state index in [1.165, 1.54) is 12.8 Å². The number of benzene rings is 1. The van der Waals surface area contributed by atoms with Gasteiger partial charge in [0, 0.05) is 31.7 Å². The molecule has 1 aromatic carbocycles. The Kier molecular flexibility index (Phi) is 8.32. The van der Waals surface area contributed by atoms with Gasteiger partial charge in [0.15, 0.2) is 0 Å². The van der Waals surface area contributed by atoms with Crippen molar-refractivity contribution >= 4 is 22.4 Å². The number of hydrogen-bond acceptors (Lipinski definition) is 5. The molecule has 2 aliphatic rings. The molecule has 3 rings (SSSR count). The Morgan fingerprint density at radius 1 is 1.19 bits per heavy atom. The molecule has 26 heavy (non-hydrogen) atoms. The van der Waals surface area contributed by atoms with Crippen molar-refractivity contribution in [3.05, 3.63) is 29.8 Å². The molecule has 1 saturated carbocycles. The highest BCUT2D eigenvalue weighted by Crippen LogP contribution is 2.29. The lowest BCUT2D eigenvalue weighted by Gasteiger charge is -2.33. The summed E-state index contributed by atoms with van der Waals surface area (Å²) >= 11 is 0. The maximum absolute atomic E-state index is 12.3. The van der Waals surface area contributed by atoms with Crippen LogP contribution in [0.3, 0.4) is 0 Å². The van der Waals surface area contributed by atoms with Crippen LogP contribution in [0.4, 0.5) is 0 Å². The minimum atomic E-state index is -3.43. The van der Waals surface area contributed by atoms with Crippen molar-refractivity contribution in [2.24, 2.45) is 5.92 Å². The van der Waals surface area contributed by atoms with Crippen LogP contribution in [0.25, 0.3) is 0 Å². The third-order valence-electron chi connectivity index (χ3n) is 5.19. The fourth-order valence-electron chi connectivity index (χ4n) is 3.83. The highest BCUT2D eigenvalue weighted by Gasteiger charge is 2.34. The first-order valence-electron chi connectivity index (χ1n) is 9.17. The van der Waals surface area contributed by atoms with E-state index < -0.39 is 10.0 Å². The van der Waals surface area contributed by atoms with E-state index in [1.807, 2.05) is 19.1 Å². The molecule has 1 saturated heterocycles. The van der Waals surface area contributed by atoms with Gasteiger partial charge in [-0.15, -0.1) is 12.4 Å². The predicted molar refractivity (Wildman–Crippen MR) is 105 cm³/mol. The number of aryl methyl sites for hydroxylation is 1. The molecule has 1 heterocycles. The molecule has 0 spiro atoms. The summed E-state index contributed by atoms with van der Waals surface area (Å²) in [6.07, 6.45) is 3.57. The standard InChI is InChI=1S/C18H29N3O3S.ClH/c1-14-5-7-15(8-6-14)25(22,23)21-10-9-19-17-4-2-3-16(17)18-13-24-12-11-20-18;/h5-8,16-21H,2-4,9-13H2,1H3;1H. The van der Waals surface area contributed by atoms with Crippen molar-refractivity contribution in [1.82, 2.24) is 15.4 Å². The van der Waals surface area contributed by atoms with Crippen LogP contribution in [-0.2, 0) is 14.8 Å². The summed E-state index contributed by atoms with van der Waals surface area (Å²) in [7, 11) is -3.43. The minimum absolute atomic E-state index is 0. The van der Waals surface area contributed by atoms with Gasteiger partial charge in [0.05, 0.1) is 18.1 Å². The monoisotopic (exact) mass is 403 g/mol. The zero-order valence-corrected chi connectivity index (χ0v) is 16.9. The fraction of sp³-hybridized carbons (Fsp3) is 0.667. The molecule has 6 nitrogen and oxygen atoms in total.